The van der Waals surface area contributed by atoms with Crippen molar-refractivity contribution >= 4 is 15.9 Å². The maximum Gasteiger partial charge on any atom is 0.248 e. The average molecular weight is 414 g/mol. The highest BCUT2D eigenvalue weighted by molar-refractivity contribution is 9.10. The Morgan fingerprint density at radius 1 is 1.12 bits per heavy atom. The van der Waals surface area contributed by atoms with E-state index in [0.717, 1.165) is 22.3 Å². The van der Waals surface area contributed by atoms with Crippen molar-refractivity contribution < 1.29 is 9.15 Å². The van der Waals surface area contributed by atoms with Crippen molar-refractivity contribution in [1.82, 2.24) is 15.1 Å². The number of halogens is 1. The maximum absolute atomic E-state index is 5.80. The van der Waals surface area contributed by atoms with Crippen molar-refractivity contribution in [2.75, 3.05) is 13.7 Å². The fraction of sp³-hybridized carbons (Fsp3) is 0.200. The molecule has 0 aliphatic rings. The second-order valence-corrected chi connectivity index (χ2v) is 6.75. The van der Waals surface area contributed by atoms with Gasteiger partial charge in [-0.1, -0.05) is 36.9 Å². The van der Waals surface area contributed by atoms with E-state index in [0.29, 0.717) is 24.9 Å². The Bertz CT molecular complexity index is 862. The van der Waals surface area contributed by atoms with Crippen molar-refractivity contribution in [1.29, 1.82) is 0 Å². The highest BCUT2D eigenvalue weighted by Gasteiger charge is 2.13. The molecule has 0 unspecified atom stereocenters. The van der Waals surface area contributed by atoms with Gasteiger partial charge in [0.1, 0.15) is 12.4 Å². The number of nitrogens with zero attached hydrogens (tertiary/aromatic N) is 3. The van der Waals surface area contributed by atoms with Gasteiger partial charge in [0.2, 0.25) is 11.8 Å². The number of hydrogen-bond donors (Lipinski definition) is 0. The van der Waals surface area contributed by atoms with Crippen LogP contribution in [0.5, 0.6) is 5.75 Å². The Balaban J connectivity index is 1.59. The lowest BCUT2D eigenvalue weighted by molar-refractivity contribution is 0.282. The highest BCUT2D eigenvalue weighted by Crippen LogP contribution is 2.26. The summed E-state index contributed by atoms with van der Waals surface area (Å²) in [6.07, 6.45) is 1.73. The number of benzene rings is 2. The van der Waals surface area contributed by atoms with E-state index < -0.39 is 0 Å². The molecule has 0 bridgehead atoms. The van der Waals surface area contributed by atoms with Gasteiger partial charge in [0.15, 0.2) is 0 Å². The summed E-state index contributed by atoms with van der Waals surface area (Å²) in [4.78, 5) is 2.12. The van der Waals surface area contributed by atoms with Gasteiger partial charge < -0.3 is 9.15 Å². The molecule has 0 fully saturated rings. The molecule has 0 saturated heterocycles. The molecule has 0 radical (unpaired) electrons. The van der Waals surface area contributed by atoms with Gasteiger partial charge >= 0.3 is 0 Å². The van der Waals surface area contributed by atoms with Crippen LogP contribution in [0.1, 0.15) is 11.5 Å². The summed E-state index contributed by atoms with van der Waals surface area (Å²) in [6, 6.07) is 15.8. The van der Waals surface area contributed by atoms with E-state index in [1.165, 1.54) is 5.56 Å². The van der Waals surface area contributed by atoms with Crippen LogP contribution in [0.2, 0.25) is 0 Å². The molecule has 6 heteroatoms. The van der Waals surface area contributed by atoms with Crippen LogP contribution in [0.4, 0.5) is 0 Å². The van der Waals surface area contributed by atoms with Crippen molar-refractivity contribution in [2.24, 2.45) is 0 Å². The van der Waals surface area contributed by atoms with Crippen LogP contribution in [-0.4, -0.2) is 28.8 Å². The van der Waals surface area contributed by atoms with E-state index in [1.807, 2.05) is 43.4 Å². The van der Waals surface area contributed by atoms with E-state index in [1.54, 1.807) is 6.08 Å². The summed E-state index contributed by atoms with van der Waals surface area (Å²) < 4.78 is 12.2. The van der Waals surface area contributed by atoms with Gasteiger partial charge in [-0.25, -0.2) is 0 Å². The molecular formula is C20H20BrN3O2. The lowest BCUT2D eigenvalue weighted by atomic mass is 10.2. The van der Waals surface area contributed by atoms with Gasteiger partial charge in [0.25, 0.3) is 0 Å². The second-order valence-electron chi connectivity index (χ2n) is 5.90. The Kier molecular flexibility index (Phi) is 6.20. The van der Waals surface area contributed by atoms with E-state index >= 15 is 0 Å². The zero-order chi connectivity index (χ0) is 18.4. The molecule has 1 heterocycles. The first-order chi connectivity index (χ1) is 12.7. The van der Waals surface area contributed by atoms with E-state index in [9.17, 15) is 0 Å². The summed E-state index contributed by atoms with van der Waals surface area (Å²) in [5.41, 5.74) is 2.08. The Hall–Kier alpha value is -2.44. The Morgan fingerprint density at radius 2 is 1.88 bits per heavy atom. The van der Waals surface area contributed by atoms with Crippen LogP contribution < -0.4 is 4.74 Å². The average Bonchev–Trinajstić information content (AvgIpc) is 3.09. The first-order valence-corrected chi connectivity index (χ1v) is 9.03. The van der Waals surface area contributed by atoms with Crippen LogP contribution in [-0.2, 0) is 13.1 Å². The van der Waals surface area contributed by atoms with Crippen molar-refractivity contribution in [3.63, 3.8) is 0 Å². The minimum absolute atomic E-state index is 0.510. The van der Waals surface area contributed by atoms with Gasteiger partial charge in [-0.05, 0) is 52.8 Å². The molecule has 2 aromatic carbocycles. The van der Waals surface area contributed by atoms with Crippen LogP contribution in [0.3, 0.4) is 0 Å². The fourth-order valence-corrected chi connectivity index (χ4v) is 2.96. The fourth-order valence-electron chi connectivity index (χ4n) is 2.51. The van der Waals surface area contributed by atoms with E-state index in [-0.39, 0.29) is 0 Å². The van der Waals surface area contributed by atoms with Crippen LogP contribution in [0, 0.1) is 0 Å². The van der Waals surface area contributed by atoms with Crippen molar-refractivity contribution in [3.05, 3.63) is 77.1 Å². The second kappa shape index (κ2) is 8.78. The quantitative estimate of drug-likeness (QED) is 0.501. The number of rotatable bonds is 8. The third-order valence-electron chi connectivity index (χ3n) is 3.72. The highest BCUT2D eigenvalue weighted by atomic mass is 79.9. The van der Waals surface area contributed by atoms with Gasteiger partial charge in [-0.2, -0.15) is 0 Å². The summed E-state index contributed by atoms with van der Waals surface area (Å²) in [6.45, 7) is 5.50. The van der Waals surface area contributed by atoms with Crippen molar-refractivity contribution in [3.8, 4) is 17.2 Å². The smallest absolute Gasteiger partial charge is 0.248 e. The molecular weight excluding hydrogens is 394 g/mol. The first-order valence-electron chi connectivity index (χ1n) is 8.24. The monoisotopic (exact) mass is 413 g/mol. The summed E-state index contributed by atoms with van der Waals surface area (Å²) in [5.74, 6) is 1.94. The standard InChI is InChI=1S/C20H20BrN3O2/c1-3-12-25-16-10-8-15(9-11-16)13-24(2)14-19-22-23-20(26-19)17-6-4-5-7-18(17)21/h3-11H,1,12-14H2,2H3. The number of ether oxygens (including phenoxy) is 1. The SMILES string of the molecule is C=CCOc1ccc(CN(C)Cc2nnc(-c3ccccc3Br)o2)cc1. The predicted octanol–water partition coefficient (Wildman–Crippen LogP) is 4.70. The lowest BCUT2D eigenvalue weighted by Crippen LogP contribution is -2.17. The van der Waals surface area contributed by atoms with Crippen LogP contribution >= 0.6 is 15.9 Å². The van der Waals surface area contributed by atoms with Gasteiger partial charge in [0.05, 0.1) is 12.1 Å². The first kappa shape index (κ1) is 18.4. The lowest BCUT2D eigenvalue weighted by Gasteiger charge is -2.14. The minimum Gasteiger partial charge on any atom is -0.490 e. The maximum atomic E-state index is 5.80. The van der Waals surface area contributed by atoms with Gasteiger partial charge in [-0.15, -0.1) is 10.2 Å². The molecule has 0 aliphatic heterocycles. The molecule has 26 heavy (non-hydrogen) atoms. The molecule has 0 saturated carbocycles. The molecule has 3 rings (SSSR count). The molecule has 0 amide bonds. The van der Waals surface area contributed by atoms with Crippen LogP contribution in [0.25, 0.3) is 11.5 Å². The summed E-state index contributed by atoms with van der Waals surface area (Å²) in [7, 11) is 2.02. The minimum atomic E-state index is 0.510. The molecule has 5 nitrogen and oxygen atoms in total. The summed E-state index contributed by atoms with van der Waals surface area (Å²) in [5, 5.41) is 8.30. The Morgan fingerprint density at radius 3 is 2.62 bits per heavy atom. The predicted molar refractivity (Wildman–Crippen MR) is 105 cm³/mol. The number of hydrogen-bond acceptors (Lipinski definition) is 5. The van der Waals surface area contributed by atoms with Gasteiger partial charge in [0, 0.05) is 11.0 Å². The molecule has 3 aromatic rings. The molecule has 0 aliphatic carbocycles. The zero-order valence-electron chi connectivity index (χ0n) is 14.6. The normalized spacial score (nSPS) is 10.9. The molecule has 0 atom stereocenters. The summed E-state index contributed by atoms with van der Waals surface area (Å²) >= 11 is 3.50. The molecule has 0 spiro atoms. The molecule has 134 valence electrons. The topological polar surface area (TPSA) is 51.4 Å². The largest absolute Gasteiger partial charge is 0.490 e. The zero-order valence-corrected chi connectivity index (χ0v) is 16.1. The molecule has 1 aromatic heterocycles. The molecule has 0 N–H and O–H groups in total. The number of aromatic nitrogens is 2. The van der Waals surface area contributed by atoms with E-state index in [2.05, 4.69) is 49.7 Å². The third kappa shape index (κ3) is 4.80. The van der Waals surface area contributed by atoms with E-state index in [4.69, 9.17) is 9.15 Å². The Labute approximate surface area is 161 Å². The third-order valence-corrected chi connectivity index (χ3v) is 4.41. The van der Waals surface area contributed by atoms with Crippen molar-refractivity contribution in [2.45, 2.75) is 13.1 Å². The van der Waals surface area contributed by atoms with Crippen LogP contribution in [0.15, 0.2) is 70.1 Å². The van der Waals surface area contributed by atoms with Gasteiger partial charge in [-0.3, -0.25) is 4.90 Å².